The molecule has 0 unspecified atom stereocenters. The number of thiazole rings is 1. The molecule has 1 atom stereocenters. The molecule has 0 saturated carbocycles. The number of aromatic nitrogens is 1. The van der Waals surface area contributed by atoms with Gasteiger partial charge in [-0.25, -0.2) is 4.99 Å². The number of allylic oxidation sites excluding steroid dienone is 1. The highest BCUT2D eigenvalue weighted by atomic mass is 79.9. The molecule has 6 heteroatoms. The molecule has 1 aromatic heterocycles. The average Bonchev–Trinajstić information content (AvgIpc) is 3.22. The molecular formula is C30H21BrN2O2S. The van der Waals surface area contributed by atoms with E-state index >= 15 is 0 Å². The van der Waals surface area contributed by atoms with Crippen molar-refractivity contribution in [3.05, 3.63) is 125 Å². The number of hydrogen-bond acceptors (Lipinski definition) is 4. The number of nitrogens with zero attached hydrogens (tertiary/aromatic N) is 2. The molecule has 0 spiro atoms. The molecule has 2 aliphatic rings. The van der Waals surface area contributed by atoms with Crippen molar-refractivity contribution in [1.82, 2.24) is 4.57 Å². The van der Waals surface area contributed by atoms with E-state index in [1.165, 1.54) is 28.0 Å². The van der Waals surface area contributed by atoms with E-state index in [4.69, 9.17) is 16.2 Å². The molecule has 4 aromatic rings. The van der Waals surface area contributed by atoms with Gasteiger partial charge in [-0.2, -0.15) is 0 Å². The van der Waals surface area contributed by atoms with Gasteiger partial charge in [0.1, 0.15) is 12.4 Å². The van der Waals surface area contributed by atoms with Gasteiger partial charge < -0.3 is 4.74 Å². The Morgan fingerprint density at radius 3 is 2.64 bits per heavy atom. The second-order valence-corrected chi connectivity index (χ2v) is 10.7. The topological polar surface area (TPSA) is 43.6 Å². The number of hydrogen-bond donors (Lipinski definition) is 0. The lowest BCUT2D eigenvalue weighted by Crippen LogP contribution is -2.38. The van der Waals surface area contributed by atoms with E-state index in [0.29, 0.717) is 10.3 Å². The normalized spacial score (nSPS) is 16.4. The predicted octanol–water partition coefficient (Wildman–Crippen LogP) is 5.09. The van der Waals surface area contributed by atoms with Crippen LogP contribution in [0.5, 0.6) is 5.75 Å². The standard InChI is InChI=1S/C30H21BrN2O2S/c1-2-17-35-23-14-7-19(8-15-23)18-26-29(34)33-28(21-9-12-22(31)13-10-21)25-16-11-20-5-3-4-6-24(20)27(25)32-30(33)36-26/h1,3-10,12-15,18,28H,11,16-17H2/b26-18+/t28-/m0/s1. The van der Waals surface area contributed by atoms with Crippen LogP contribution in [0.4, 0.5) is 0 Å². The second kappa shape index (κ2) is 9.42. The number of halogens is 1. The lowest BCUT2D eigenvalue weighted by atomic mass is 9.83. The third-order valence-electron chi connectivity index (χ3n) is 6.56. The highest BCUT2D eigenvalue weighted by Crippen LogP contribution is 2.41. The summed E-state index contributed by atoms with van der Waals surface area (Å²) < 4.78 is 9.00. The Morgan fingerprint density at radius 1 is 1.08 bits per heavy atom. The Hall–Kier alpha value is -3.66. The van der Waals surface area contributed by atoms with Gasteiger partial charge >= 0.3 is 0 Å². The number of aryl methyl sites for hydroxylation is 1. The Kier molecular flexibility index (Phi) is 5.96. The monoisotopic (exact) mass is 552 g/mol. The van der Waals surface area contributed by atoms with Crippen molar-refractivity contribution in [2.24, 2.45) is 4.99 Å². The van der Waals surface area contributed by atoms with Crippen molar-refractivity contribution < 1.29 is 4.74 Å². The molecule has 0 bridgehead atoms. The maximum atomic E-state index is 13.8. The predicted molar refractivity (Wildman–Crippen MR) is 148 cm³/mol. The molecule has 6 rings (SSSR count). The fourth-order valence-corrected chi connectivity index (χ4v) is 6.17. The van der Waals surface area contributed by atoms with Crippen LogP contribution in [0, 0.1) is 12.3 Å². The van der Waals surface area contributed by atoms with Crippen molar-refractivity contribution in [2.75, 3.05) is 6.61 Å². The first kappa shape index (κ1) is 22.8. The minimum atomic E-state index is -0.181. The zero-order chi connectivity index (χ0) is 24.6. The lowest BCUT2D eigenvalue weighted by Gasteiger charge is -2.30. The van der Waals surface area contributed by atoms with E-state index in [2.05, 4.69) is 58.2 Å². The average molecular weight is 553 g/mol. The molecule has 0 radical (unpaired) electrons. The molecule has 0 fully saturated rings. The minimum Gasteiger partial charge on any atom is -0.481 e. The number of ether oxygens (including phenoxy) is 1. The van der Waals surface area contributed by atoms with Crippen LogP contribution in [-0.4, -0.2) is 11.2 Å². The third kappa shape index (κ3) is 4.05. The lowest BCUT2D eigenvalue weighted by molar-refractivity contribution is 0.370. The second-order valence-electron chi connectivity index (χ2n) is 8.73. The molecule has 2 heterocycles. The molecule has 0 saturated heterocycles. The van der Waals surface area contributed by atoms with Crippen LogP contribution in [0.3, 0.4) is 0 Å². The SMILES string of the molecule is C#CCOc1ccc(/C=c2/sc3n(c2=O)[C@@H](c2ccc(Br)cc2)C2=C(N=3)c3ccccc3CC2)cc1. The molecule has 176 valence electrons. The third-order valence-corrected chi connectivity index (χ3v) is 8.07. The Bertz CT molecular complexity index is 1720. The zero-order valence-corrected chi connectivity index (χ0v) is 21.7. The summed E-state index contributed by atoms with van der Waals surface area (Å²) in [7, 11) is 0. The van der Waals surface area contributed by atoms with Gasteiger partial charge in [0, 0.05) is 10.0 Å². The molecule has 36 heavy (non-hydrogen) atoms. The van der Waals surface area contributed by atoms with Crippen molar-refractivity contribution in [3.8, 4) is 18.1 Å². The molecule has 0 amide bonds. The summed E-state index contributed by atoms with van der Waals surface area (Å²) in [6, 6.07) is 24.1. The summed E-state index contributed by atoms with van der Waals surface area (Å²) in [5, 5.41) is 0. The van der Waals surface area contributed by atoms with E-state index in [9.17, 15) is 4.79 Å². The Labute approximate surface area is 221 Å². The summed E-state index contributed by atoms with van der Waals surface area (Å²) in [6.45, 7) is 0.224. The molecular weight excluding hydrogens is 532 g/mol. The van der Waals surface area contributed by atoms with E-state index in [0.717, 1.165) is 38.9 Å². The summed E-state index contributed by atoms with van der Waals surface area (Å²) in [6.07, 6.45) is 9.01. The fraction of sp³-hybridized carbons (Fsp3) is 0.133. The number of rotatable bonds is 4. The Morgan fingerprint density at radius 2 is 1.86 bits per heavy atom. The van der Waals surface area contributed by atoms with Crippen LogP contribution in [0.2, 0.25) is 0 Å². The van der Waals surface area contributed by atoms with Crippen molar-refractivity contribution in [3.63, 3.8) is 0 Å². The molecule has 1 aliphatic carbocycles. The van der Waals surface area contributed by atoms with E-state index < -0.39 is 0 Å². The maximum Gasteiger partial charge on any atom is 0.271 e. The van der Waals surface area contributed by atoms with Crippen LogP contribution in [0.15, 0.2) is 92.6 Å². The number of benzene rings is 3. The van der Waals surface area contributed by atoms with Crippen molar-refractivity contribution in [1.29, 1.82) is 0 Å². The van der Waals surface area contributed by atoms with Crippen molar-refractivity contribution in [2.45, 2.75) is 18.9 Å². The van der Waals surface area contributed by atoms with Crippen LogP contribution >= 0.6 is 27.3 Å². The molecule has 0 N–H and O–H groups in total. The summed E-state index contributed by atoms with van der Waals surface area (Å²) in [5.41, 5.74) is 6.66. The quantitative estimate of drug-likeness (QED) is 0.331. The molecule has 4 nitrogen and oxygen atoms in total. The highest BCUT2D eigenvalue weighted by molar-refractivity contribution is 9.10. The van der Waals surface area contributed by atoms with Gasteiger partial charge in [-0.05, 0) is 65.4 Å². The van der Waals surface area contributed by atoms with Crippen LogP contribution in [0.25, 0.3) is 11.8 Å². The van der Waals surface area contributed by atoms with Crippen LogP contribution in [0.1, 0.15) is 34.7 Å². The molecule has 1 aliphatic heterocycles. The fourth-order valence-electron chi connectivity index (χ4n) is 4.90. The van der Waals surface area contributed by atoms with Gasteiger partial charge in [-0.1, -0.05) is 81.7 Å². The van der Waals surface area contributed by atoms with Gasteiger partial charge in [0.25, 0.3) is 5.56 Å². The van der Waals surface area contributed by atoms with E-state index in [1.54, 1.807) is 0 Å². The first-order valence-corrected chi connectivity index (χ1v) is 13.3. The van der Waals surface area contributed by atoms with E-state index in [-0.39, 0.29) is 18.2 Å². The summed E-state index contributed by atoms with van der Waals surface area (Å²) in [4.78, 5) is 19.6. The van der Waals surface area contributed by atoms with Gasteiger partial charge in [0.05, 0.1) is 16.3 Å². The smallest absolute Gasteiger partial charge is 0.271 e. The number of fused-ring (bicyclic) bond motifs is 3. The highest BCUT2D eigenvalue weighted by Gasteiger charge is 2.32. The van der Waals surface area contributed by atoms with Crippen molar-refractivity contribution >= 4 is 39.0 Å². The Balaban J connectivity index is 1.52. The first-order valence-electron chi connectivity index (χ1n) is 11.7. The zero-order valence-electron chi connectivity index (χ0n) is 19.3. The van der Waals surface area contributed by atoms with Gasteiger partial charge in [0.15, 0.2) is 4.80 Å². The minimum absolute atomic E-state index is 0.0234. The van der Waals surface area contributed by atoms with Crippen LogP contribution < -0.4 is 19.6 Å². The molecule has 3 aromatic carbocycles. The summed E-state index contributed by atoms with van der Waals surface area (Å²) in [5.74, 6) is 3.17. The van der Waals surface area contributed by atoms with E-state index in [1.807, 2.05) is 47.0 Å². The van der Waals surface area contributed by atoms with Crippen LogP contribution in [-0.2, 0) is 6.42 Å². The maximum absolute atomic E-state index is 13.8. The number of terminal acetylenes is 1. The summed E-state index contributed by atoms with van der Waals surface area (Å²) >= 11 is 4.98. The largest absolute Gasteiger partial charge is 0.481 e. The first-order chi connectivity index (χ1) is 17.6. The van der Waals surface area contributed by atoms with Gasteiger partial charge in [-0.15, -0.1) is 6.42 Å². The van der Waals surface area contributed by atoms with Gasteiger partial charge in [0.2, 0.25) is 0 Å². The van der Waals surface area contributed by atoms with Gasteiger partial charge in [-0.3, -0.25) is 9.36 Å².